The molecular weight excluding hydrogens is 308 g/mol. The molecule has 23 heavy (non-hydrogen) atoms. The number of rotatable bonds is 3. The molecule has 1 saturated heterocycles. The van der Waals surface area contributed by atoms with E-state index >= 15 is 0 Å². The first kappa shape index (κ1) is 14.2. The highest BCUT2D eigenvalue weighted by Crippen LogP contribution is 2.30. The minimum atomic E-state index is 0.850. The molecule has 1 N–H and O–H groups in total. The van der Waals surface area contributed by atoms with Gasteiger partial charge in [-0.25, -0.2) is 9.97 Å². The van der Waals surface area contributed by atoms with Gasteiger partial charge in [-0.3, -0.25) is 0 Å². The summed E-state index contributed by atoms with van der Waals surface area (Å²) in [5, 5.41) is 4.32. The summed E-state index contributed by atoms with van der Waals surface area (Å²) >= 11 is 1.58. The monoisotopic (exact) mass is 326 g/mol. The van der Waals surface area contributed by atoms with Crippen molar-refractivity contribution in [2.45, 2.75) is 0 Å². The molecule has 1 fully saturated rings. The summed E-state index contributed by atoms with van der Waals surface area (Å²) in [5.41, 5.74) is 0. The number of nitrogens with one attached hydrogen (secondary N) is 1. The molecule has 0 amide bonds. The summed E-state index contributed by atoms with van der Waals surface area (Å²) in [4.78, 5) is 13.2. The van der Waals surface area contributed by atoms with E-state index in [-0.39, 0.29) is 0 Å². The summed E-state index contributed by atoms with van der Waals surface area (Å²) in [6.45, 7) is 3.78. The zero-order valence-corrected chi connectivity index (χ0v) is 13.8. The third-order valence-corrected chi connectivity index (χ3v) is 4.99. The number of anilines is 3. The first-order valence-corrected chi connectivity index (χ1v) is 8.46. The second-order valence-corrected chi connectivity index (χ2v) is 6.29. The zero-order valence-electron chi connectivity index (χ0n) is 12.9. The van der Waals surface area contributed by atoms with Crippen LogP contribution in [-0.4, -0.2) is 47.6 Å². The number of hydrogen-bond donors (Lipinski definition) is 1. The summed E-state index contributed by atoms with van der Waals surface area (Å²) < 4.78 is 5.91. The van der Waals surface area contributed by atoms with Gasteiger partial charge in [0.15, 0.2) is 0 Å². The van der Waals surface area contributed by atoms with Gasteiger partial charge in [0.2, 0.25) is 0 Å². The largest absolute Gasteiger partial charge is 0.373 e. The molecule has 0 bridgehead atoms. The Kier molecular flexibility index (Phi) is 3.70. The number of fused-ring (bicyclic) bond motifs is 1. The molecule has 2 aromatic heterocycles. The van der Waals surface area contributed by atoms with E-state index < -0.39 is 0 Å². The van der Waals surface area contributed by atoms with Gasteiger partial charge in [-0.05, 0) is 23.7 Å². The number of aromatic nitrogens is 3. The predicted octanol–water partition coefficient (Wildman–Crippen LogP) is 2.45. The van der Waals surface area contributed by atoms with Gasteiger partial charge in [0, 0.05) is 44.7 Å². The number of nitrogens with zero attached hydrogens (tertiary/aromatic N) is 5. The molecule has 1 aliphatic heterocycles. The Bertz CT molecular complexity index is 809. The van der Waals surface area contributed by atoms with E-state index in [2.05, 4.69) is 53.7 Å². The molecule has 0 aliphatic carbocycles. The van der Waals surface area contributed by atoms with E-state index in [9.17, 15) is 0 Å². The molecule has 6 nitrogen and oxygen atoms in total. The average Bonchev–Trinajstić information content (AvgIpc) is 3.06. The molecule has 0 atom stereocenters. The second-order valence-electron chi connectivity index (χ2n) is 5.49. The SMILES string of the molecule is CNc1cc(N2CCN(c3nsc4ccccc34)CC2)ncn1. The minimum absolute atomic E-state index is 0.850. The number of benzene rings is 1. The molecule has 0 radical (unpaired) electrons. The highest BCUT2D eigenvalue weighted by Gasteiger charge is 2.21. The van der Waals surface area contributed by atoms with Crippen LogP contribution in [0, 0.1) is 0 Å². The van der Waals surface area contributed by atoms with Crippen LogP contribution in [0.1, 0.15) is 0 Å². The third kappa shape index (κ3) is 2.68. The van der Waals surface area contributed by atoms with Gasteiger partial charge in [-0.15, -0.1) is 0 Å². The Morgan fingerprint density at radius 1 is 1.04 bits per heavy atom. The standard InChI is InChI=1S/C16H18N6S/c1-17-14-10-15(19-11-18-14)21-6-8-22(9-7-21)16-12-4-2-3-5-13(12)23-20-16/h2-5,10-11H,6-9H2,1H3,(H,17,18,19). The first-order valence-electron chi connectivity index (χ1n) is 7.69. The van der Waals surface area contributed by atoms with Crippen LogP contribution < -0.4 is 15.1 Å². The van der Waals surface area contributed by atoms with Gasteiger partial charge in [0.05, 0.1) is 4.70 Å². The minimum Gasteiger partial charge on any atom is -0.373 e. The van der Waals surface area contributed by atoms with Crippen molar-refractivity contribution < 1.29 is 0 Å². The van der Waals surface area contributed by atoms with E-state index in [0.29, 0.717) is 0 Å². The van der Waals surface area contributed by atoms with Crippen molar-refractivity contribution in [3.63, 3.8) is 0 Å². The fraction of sp³-hybridized carbons (Fsp3) is 0.312. The molecule has 7 heteroatoms. The van der Waals surface area contributed by atoms with Crippen molar-refractivity contribution in [1.29, 1.82) is 0 Å². The molecule has 4 rings (SSSR count). The normalized spacial score (nSPS) is 15.2. The lowest BCUT2D eigenvalue weighted by Gasteiger charge is -2.35. The van der Waals surface area contributed by atoms with Crippen LogP contribution in [0.3, 0.4) is 0 Å². The van der Waals surface area contributed by atoms with Gasteiger partial charge in [-0.1, -0.05) is 12.1 Å². The Hall–Kier alpha value is -2.41. The Morgan fingerprint density at radius 3 is 2.65 bits per heavy atom. The summed E-state index contributed by atoms with van der Waals surface area (Å²) in [7, 11) is 1.87. The maximum absolute atomic E-state index is 4.66. The van der Waals surface area contributed by atoms with E-state index in [4.69, 9.17) is 0 Å². The van der Waals surface area contributed by atoms with Crippen LogP contribution in [0.25, 0.3) is 10.1 Å². The quantitative estimate of drug-likeness (QED) is 0.798. The molecule has 0 unspecified atom stereocenters. The molecule has 1 aliphatic rings. The van der Waals surface area contributed by atoms with Crippen LogP contribution in [-0.2, 0) is 0 Å². The lowest BCUT2D eigenvalue weighted by molar-refractivity contribution is 0.644. The second kappa shape index (κ2) is 6.00. The maximum Gasteiger partial charge on any atom is 0.150 e. The lowest BCUT2D eigenvalue weighted by Crippen LogP contribution is -2.47. The Balaban J connectivity index is 1.50. The van der Waals surface area contributed by atoms with Crippen molar-refractivity contribution in [1.82, 2.24) is 14.3 Å². The molecule has 1 aromatic carbocycles. The van der Waals surface area contributed by atoms with Gasteiger partial charge < -0.3 is 15.1 Å². The van der Waals surface area contributed by atoms with E-state index in [1.54, 1.807) is 17.9 Å². The highest BCUT2D eigenvalue weighted by atomic mass is 32.1. The Morgan fingerprint density at radius 2 is 1.83 bits per heavy atom. The van der Waals surface area contributed by atoms with Crippen molar-refractivity contribution >= 4 is 39.1 Å². The van der Waals surface area contributed by atoms with Crippen molar-refractivity contribution in [2.75, 3.05) is 48.3 Å². The van der Waals surface area contributed by atoms with Crippen molar-refractivity contribution in [2.24, 2.45) is 0 Å². The fourth-order valence-corrected chi connectivity index (χ4v) is 3.70. The molecular formula is C16H18N6S. The Labute approximate surface area is 138 Å². The number of hydrogen-bond acceptors (Lipinski definition) is 7. The molecule has 3 aromatic rings. The van der Waals surface area contributed by atoms with Crippen molar-refractivity contribution in [3.8, 4) is 0 Å². The fourth-order valence-electron chi connectivity index (χ4n) is 2.90. The van der Waals surface area contributed by atoms with E-state index in [0.717, 1.165) is 43.6 Å². The van der Waals surface area contributed by atoms with E-state index in [1.165, 1.54) is 10.1 Å². The summed E-state index contributed by atoms with van der Waals surface area (Å²) in [5.74, 6) is 2.94. The lowest BCUT2D eigenvalue weighted by atomic mass is 10.2. The summed E-state index contributed by atoms with van der Waals surface area (Å²) in [6, 6.07) is 10.4. The third-order valence-electron chi connectivity index (χ3n) is 4.17. The van der Waals surface area contributed by atoms with Crippen LogP contribution >= 0.6 is 11.5 Å². The van der Waals surface area contributed by atoms with Gasteiger partial charge in [0.1, 0.15) is 23.8 Å². The smallest absolute Gasteiger partial charge is 0.150 e. The van der Waals surface area contributed by atoms with Gasteiger partial charge >= 0.3 is 0 Å². The summed E-state index contributed by atoms with van der Waals surface area (Å²) in [6.07, 6.45) is 1.61. The molecule has 118 valence electrons. The van der Waals surface area contributed by atoms with Crippen LogP contribution in [0.15, 0.2) is 36.7 Å². The molecule has 0 spiro atoms. The van der Waals surface area contributed by atoms with Crippen LogP contribution in [0.2, 0.25) is 0 Å². The zero-order chi connectivity index (χ0) is 15.6. The number of piperazine rings is 1. The highest BCUT2D eigenvalue weighted by molar-refractivity contribution is 7.13. The van der Waals surface area contributed by atoms with Gasteiger partial charge in [-0.2, -0.15) is 4.37 Å². The molecule has 0 saturated carbocycles. The maximum atomic E-state index is 4.66. The molecule has 3 heterocycles. The van der Waals surface area contributed by atoms with Gasteiger partial charge in [0.25, 0.3) is 0 Å². The average molecular weight is 326 g/mol. The van der Waals surface area contributed by atoms with Crippen LogP contribution in [0.5, 0.6) is 0 Å². The van der Waals surface area contributed by atoms with Crippen molar-refractivity contribution in [3.05, 3.63) is 36.7 Å². The predicted molar refractivity (Wildman–Crippen MR) is 95.6 cm³/mol. The van der Waals surface area contributed by atoms with Crippen LogP contribution in [0.4, 0.5) is 17.5 Å². The van der Waals surface area contributed by atoms with E-state index in [1.807, 2.05) is 13.1 Å². The first-order chi connectivity index (χ1) is 11.3. The topological polar surface area (TPSA) is 57.2 Å².